The highest BCUT2D eigenvalue weighted by Gasteiger charge is 2.15. The lowest BCUT2D eigenvalue weighted by molar-refractivity contribution is 0.0935. The van der Waals surface area contributed by atoms with E-state index in [0.717, 1.165) is 11.3 Å². The van der Waals surface area contributed by atoms with Gasteiger partial charge in [-0.3, -0.25) is 4.79 Å². The maximum absolute atomic E-state index is 12.3. The van der Waals surface area contributed by atoms with Gasteiger partial charge in [0.15, 0.2) is 5.65 Å². The number of carbonyl (C=O) groups excluding carboxylic acids is 1. The minimum atomic E-state index is -0.269. The Kier molecular flexibility index (Phi) is 4.16. The van der Waals surface area contributed by atoms with Gasteiger partial charge in [0.05, 0.1) is 19.3 Å². The van der Waals surface area contributed by atoms with Crippen LogP contribution in [0, 0.1) is 0 Å². The fraction of sp³-hybridized carbons (Fsp3) is 0.188. The predicted octanol–water partition coefficient (Wildman–Crippen LogP) is 2.88. The summed E-state index contributed by atoms with van der Waals surface area (Å²) < 4.78 is 6.61. The maximum Gasteiger partial charge on any atom is 0.272 e. The molecule has 0 bridgehead atoms. The van der Waals surface area contributed by atoms with E-state index < -0.39 is 0 Å². The Morgan fingerprint density at radius 2 is 2.00 bits per heavy atom. The molecular weight excluding hydrogens is 316 g/mol. The van der Waals surface area contributed by atoms with Crippen LogP contribution in [0.5, 0.6) is 5.75 Å². The van der Waals surface area contributed by atoms with Crippen molar-refractivity contribution in [2.75, 3.05) is 7.11 Å². The summed E-state index contributed by atoms with van der Waals surface area (Å²) in [7, 11) is 1.61. The first-order chi connectivity index (χ1) is 11.1. The number of aromatic nitrogens is 3. The molecule has 0 saturated heterocycles. The lowest BCUT2D eigenvalue weighted by atomic mass is 10.1. The largest absolute Gasteiger partial charge is 0.497 e. The Balaban J connectivity index is 1.76. The Hall–Kier alpha value is -2.60. The number of nitrogens with one attached hydrogen (secondary N) is 1. The quantitative estimate of drug-likeness (QED) is 0.798. The molecule has 2 heterocycles. The zero-order valence-electron chi connectivity index (χ0n) is 12.7. The summed E-state index contributed by atoms with van der Waals surface area (Å²) in [5.74, 6) is 0.505. The average molecular weight is 331 g/mol. The summed E-state index contributed by atoms with van der Waals surface area (Å²) in [6.45, 7) is 1.91. The number of benzene rings is 1. The number of amides is 1. The van der Waals surface area contributed by atoms with Crippen LogP contribution in [-0.2, 0) is 0 Å². The second-order valence-corrected chi connectivity index (χ2v) is 5.44. The number of hydrogen-bond donors (Lipinski definition) is 1. The third kappa shape index (κ3) is 3.27. The highest BCUT2D eigenvalue weighted by atomic mass is 35.5. The van der Waals surface area contributed by atoms with Crippen LogP contribution in [0.3, 0.4) is 0 Å². The number of rotatable bonds is 4. The fourth-order valence-corrected chi connectivity index (χ4v) is 2.36. The SMILES string of the molecule is COc1ccc([C@H](C)NC(=O)c2cn3nc(Cl)ccc3n2)cc1. The zero-order valence-corrected chi connectivity index (χ0v) is 13.4. The molecule has 1 aromatic carbocycles. The van der Waals surface area contributed by atoms with Crippen molar-refractivity contribution in [2.45, 2.75) is 13.0 Å². The number of hydrogen-bond acceptors (Lipinski definition) is 4. The van der Waals surface area contributed by atoms with Gasteiger partial charge in [-0.15, -0.1) is 0 Å². The fourth-order valence-electron chi connectivity index (χ4n) is 2.21. The number of ether oxygens (including phenoxy) is 1. The molecule has 0 aliphatic carbocycles. The van der Waals surface area contributed by atoms with Crippen molar-refractivity contribution in [3.05, 3.63) is 59.0 Å². The van der Waals surface area contributed by atoms with Gasteiger partial charge in [-0.2, -0.15) is 5.10 Å². The number of imidazole rings is 1. The van der Waals surface area contributed by atoms with E-state index in [4.69, 9.17) is 16.3 Å². The Morgan fingerprint density at radius 3 is 2.70 bits per heavy atom. The normalized spacial score (nSPS) is 12.1. The van der Waals surface area contributed by atoms with Crippen LogP contribution in [-0.4, -0.2) is 27.6 Å². The van der Waals surface area contributed by atoms with E-state index >= 15 is 0 Å². The van der Waals surface area contributed by atoms with Crippen molar-refractivity contribution < 1.29 is 9.53 Å². The molecule has 3 rings (SSSR count). The number of fused-ring (bicyclic) bond motifs is 1. The van der Waals surface area contributed by atoms with Gasteiger partial charge >= 0.3 is 0 Å². The van der Waals surface area contributed by atoms with E-state index in [1.54, 1.807) is 25.4 Å². The van der Waals surface area contributed by atoms with Crippen molar-refractivity contribution in [1.82, 2.24) is 19.9 Å². The first-order valence-electron chi connectivity index (χ1n) is 7.03. The molecule has 1 N–H and O–H groups in total. The molecule has 0 unspecified atom stereocenters. The van der Waals surface area contributed by atoms with Crippen LogP contribution in [0.25, 0.3) is 5.65 Å². The standard InChI is InChI=1S/C16H15ClN4O2/c1-10(11-3-5-12(23-2)6-4-11)18-16(22)13-9-21-15(19-13)8-7-14(17)20-21/h3-10H,1-2H3,(H,18,22)/t10-/m0/s1. The van der Waals surface area contributed by atoms with Crippen LogP contribution in [0.2, 0.25) is 5.15 Å². The van der Waals surface area contributed by atoms with Crippen LogP contribution in [0.1, 0.15) is 29.0 Å². The molecule has 23 heavy (non-hydrogen) atoms. The summed E-state index contributed by atoms with van der Waals surface area (Å²) in [6, 6.07) is 10.7. The first-order valence-corrected chi connectivity index (χ1v) is 7.41. The monoisotopic (exact) mass is 330 g/mol. The zero-order chi connectivity index (χ0) is 16.4. The molecule has 1 atom stereocenters. The third-order valence-electron chi connectivity index (χ3n) is 3.48. The highest BCUT2D eigenvalue weighted by molar-refractivity contribution is 6.29. The van der Waals surface area contributed by atoms with E-state index in [1.807, 2.05) is 31.2 Å². The van der Waals surface area contributed by atoms with Crippen LogP contribution >= 0.6 is 11.6 Å². The van der Waals surface area contributed by atoms with E-state index in [0.29, 0.717) is 16.5 Å². The van der Waals surface area contributed by atoms with E-state index in [2.05, 4.69) is 15.4 Å². The predicted molar refractivity (Wildman–Crippen MR) is 86.9 cm³/mol. The Labute approximate surface area is 138 Å². The number of nitrogens with zero attached hydrogens (tertiary/aromatic N) is 3. The van der Waals surface area contributed by atoms with Crippen LogP contribution < -0.4 is 10.1 Å². The van der Waals surface area contributed by atoms with Crippen LogP contribution in [0.15, 0.2) is 42.6 Å². The van der Waals surface area contributed by atoms with Crippen molar-refractivity contribution in [1.29, 1.82) is 0 Å². The number of halogens is 1. The molecular formula is C16H15ClN4O2. The molecule has 1 amide bonds. The molecule has 0 fully saturated rings. The smallest absolute Gasteiger partial charge is 0.272 e. The summed E-state index contributed by atoms with van der Waals surface area (Å²) in [5.41, 5.74) is 1.83. The minimum absolute atomic E-state index is 0.158. The first kappa shape index (κ1) is 15.3. The highest BCUT2D eigenvalue weighted by Crippen LogP contribution is 2.18. The summed E-state index contributed by atoms with van der Waals surface area (Å²) in [4.78, 5) is 16.6. The lowest BCUT2D eigenvalue weighted by Crippen LogP contribution is -2.26. The van der Waals surface area contributed by atoms with Gasteiger partial charge in [0, 0.05) is 0 Å². The lowest BCUT2D eigenvalue weighted by Gasteiger charge is -2.13. The van der Waals surface area contributed by atoms with E-state index in [9.17, 15) is 4.79 Å². The molecule has 7 heteroatoms. The van der Waals surface area contributed by atoms with Gasteiger partial charge in [0.25, 0.3) is 5.91 Å². The van der Waals surface area contributed by atoms with Gasteiger partial charge in [-0.05, 0) is 36.8 Å². The Bertz CT molecular complexity index is 845. The van der Waals surface area contributed by atoms with E-state index in [-0.39, 0.29) is 11.9 Å². The molecule has 0 spiro atoms. The topological polar surface area (TPSA) is 68.5 Å². The van der Waals surface area contributed by atoms with Crippen LogP contribution in [0.4, 0.5) is 0 Å². The maximum atomic E-state index is 12.3. The number of carbonyl (C=O) groups is 1. The molecule has 6 nitrogen and oxygen atoms in total. The van der Waals surface area contributed by atoms with Gasteiger partial charge in [-0.1, -0.05) is 23.7 Å². The second-order valence-electron chi connectivity index (χ2n) is 5.05. The van der Waals surface area contributed by atoms with Crippen molar-refractivity contribution >= 4 is 23.2 Å². The molecule has 2 aromatic heterocycles. The van der Waals surface area contributed by atoms with Gasteiger partial charge in [0.2, 0.25) is 0 Å². The molecule has 0 saturated carbocycles. The number of methoxy groups -OCH3 is 1. The summed E-state index contributed by atoms with van der Waals surface area (Å²) in [5, 5.41) is 7.31. The molecule has 0 aliphatic heterocycles. The molecule has 0 aliphatic rings. The average Bonchev–Trinajstić information content (AvgIpc) is 2.98. The molecule has 118 valence electrons. The van der Waals surface area contributed by atoms with Crippen molar-refractivity contribution in [2.24, 2.45) is 0 Å². The van der Waals surface area contributed by atoms with Gasteiger partial charge in [0.1, 0.15) is 16.6 Å². The van der Waals surface area contributed by atoms with Crippen molar-refractivity contribution in [3.8, 4) is 5.75 Å². The second kappa shape index (κ2) is 6.26. The minimum Gasteiger partial charge on any atom is -0.497 e. The van der Waals surface area contributed by atoms with E-state index in [1.165, 1.54) is 4.52 Å². The summed E-state index contributed by atoms with van der Waals surface area (Å²) in [6.07, 6.45) is 1.55. The molecule has 3 aromatic rings. The third-order valence-corrected chi connectivity index (χ3v) is 3.69. The Morgan fingerprint density at radius 1 is 1.26 bits per heavy atom. The van der Waals surface area contributed by atoms with Gasteiger partial charge < -0.3 is 10.1 Å². The molecule has 0 radical (unpaired) electrons. The van der Waals surface area contributed by atoms with Gasteiger partial charge in [-0.25, -0.2) is 9.50 Å². The summed E-state index contributed by atoms with van der Waals surface area (Å²) >= 11 is 5.83. The van der Waals surface area contributed by atoms with Crippen molar-refractivity contribution in [3.63, 3.8) is 0 Å².